The maximum Gasteiger partial charge on any atom is 0.233 e. The molecule has 0 spiro atoms. The minimum absolute atomic E-state index is 0.0417. The molecule has 2 aromatic carbocycles. The number of hydrogen-bond acceptors (Lipinski definition) is 3. The van der Waals surface area contributed by atoms with Crippen LogP contribution in [0.25, 0.3) is 0 Å². The van der Waals surface area contributed by atoms with E-state index in [4.69, 9.17) is 4.74 Å². The summed E-state index contributed by atoms with van der Waals surface area (Å²) in [6.07, 6.45) is -0.266. The number of hydrogen-bond donors (Lipinski definition) is 2. The van der Waals surface area contributed by atoms with E-state index in [1.54, 1.807) is 42.5 Å². The second-order valence-corrected chi connectivity index (χ2v) is 5.78. The van der Waals surface area contributed by atoms with E-state index in [2.05, 4.69) is 10.6 Å². The average Bonchev–Trinajstić information content (AvgIpc) is 2.55. The van der Waals surface area contributed by atoms with Gasteiger partial charge < -0.3 is 15.4 Å². The number of ether oxygens (including phenoxy) is 1. The van der Waals surface area contributed by atoms with Gasteiger partial charge in [0.05, 0.1) is 6.10 Å². The van der Waals surface area contributed by atoms with Crippen molar-refractivity contribution >= 4 is 17.5 Å². The van der Waals surface area contributed by atoms with Crippen molar-refractivity contribution in [1.82, 2.24) is 5.32 Å². The Balaban J connectivity index is 1.79. The van der Waals surface area contributed by atoms with Gasteiger partial charge >= 0.3 is 0 Å². The zero-order valence-electron chi connectivity index (χ0n) is 14.2. The van der Waals surface area contributed by atoms with Crippen LogP contribution >= 0.6 is 0 Å². The highest BCUT2D eigenvalue weighted by Gasteiger charge is 2.10. The van der Waals surface area contributed by atoms with Gasteiger partial charge in [-0.3, -0.25) is 9.59 Å². The van der Waals surface area contributed by atoms with Crippen molar-refractivity contribution < 1.29 is 18.7 Å². The number of carbonyl (C=O) groups is 2. The first-order valence-corrected chi connectivity index (χ1v) is 8.00. The number of nitrogens with one attached hydrogen (secondary N) is 2. The van der Waals surface area contributed by atoms with Crippen molar-refractivity contribution in [2.45, 2.75) is 32.9 Å². The van der Waals surface area contributed by atoms with Crippen molar-refractivity contribution in [3.63, 3.8) is 0 Å². The third-order valence-electron chi connectivity index (χ3n) is 3.26. The molecule has 25 heavy (non-hydrogen) atoms. The summed E-state index contributed by atoms with van der Waals surface area (Å²) in [4.78, 5) is 23.7. The summed E-state index contributed by atoms with van der Waals surface area (Å²) >= 11 is 0. The summed E-state index contributed by atoms with van der Waals surface area (Å²) in [6, 6.07) is 13.0. The fraction of sp³-hybridized carbons (Fsp3) is 0.263. The molecule has 0 aromatic heterocycles. The molecule has 0 radical (unpaired) electrons. The van der Waals surface area contributed by atoms with E-state index in [-0.39, 0.29) is 19.1 Å². The molecule has 0 saturated heterocycles. The molecule has 0 fully saturated rings. The fourth-order valence-electron chi connectivity index (χ4n) is 2.14. The minimum Gasteiger partial charge on any atom is -0.491 e. The predicted octanol–water partition coefficient (Wildman–Crippen LogP) is 3.26. The van der Waals surface area contributed by atoms with Crippen LogP contribution in [0.3, 0.4) is 0 Å². The molecule has 0 aliphatic carbocycles. The highest BCUT2D eigenvalue weighted by atomic mass is 19.1. The highest BCUT2D eigenvalue weighted by molar-refractivity contribution is 6.03. The molecule has 0 atom stereocenters. The molecule has 2 amide bonds. The van der Waals surface area contributed by atoms with Gasteiger partial charge in [-0.15, -0.1) is 0 Å². The summed E-state index contributed by atoms with van der Waals surface area (Å²) < 4.78 is 19.0. The summed E-state index contributed by atoms with van der Waals surface area (Å²) in [7, 11) is 0. The lowest BCUT2D eigenvalue weighted by Crippen LogP contribution is -2.28. The van der Waals surface area contributed by atoms with Crippen LogP contribution in [-0.2, 0) is 16.1 Å². The van der Waals surface area contributed by atoms with Crippen molar-refractivity contribution in [1.29, 1.82) is 0 Å². The van der Waals surface area contributed by atoms with Gasteiger partial charge in [-0.1, -0.05) is 18.2 Å². The number of carbonyl (C=O) groups excluding carboxylic acids is 2. The van der Waals surface area contributed by atoms with Crippen molar-refractivity contribution in [3.8, 4) is 5.75 Å². The minimum atomic E-state index is -0.472. The third kappa shape index (κ3) is 6.25. The Labute approximate surface area is 146 Å². The van der Waals surface area contributed by atoms with E-state index in [0.29, 0.717) is 17.0 Å². The van der Waals surface area contributed by atoms with E-state index in [1.165, 1.54) is 6.07 Å². The molecule has 0 bridgehead atoms. The topological polar surface area (TPSA) is 67.4 Å². The third-order valence-corrected chi connectivity index (χ3v) is 3.26. The van der Waals surface area contributed by atoms with Gasteiger partial charge in [-0.05, 0) is 44.2 Å². The second kappa shape index (κ2) is 8.82. The summed E-state index contributed by atoms with van der Waals surface area (Å²) in [5.74, 6) is -0.601. The Hall–Kier alpha value is -2.89. The largest absolute Gasteiger partial charge is 0.491 e. The van der Waals surface area contributed by atoms with Crippen LogP contribution < -0.4 is 15.4 Å². The molecule has 0 saturated carbocycles. The lowest BCUT2D eigenvalue weighted by molar-refractivity contribution is -0.126. The van der Waals surface area contributed by atoms with Gasteiger partial charge in [-0.25, -0.2) is 4.39 Å². The second-order valence-electron chi connectivity index (χ2n) is 5.78. The number of rotatable bonds is 7. The first kappa shape index (κ1) is 18.4. The first-order chi connectivity index (χ1) is 11.9. The van der Waals surface area contributed by atoms with Gasteiger partial charge in [0.15, 0.2) is 0 Å². The lowest BCUT2D eigenvalue weighted by atomic mass is 10.2. The van der Waals surface area contributed by atoms with Gasteiger partial charge in [0.1, 0.15) is 18.0 Å². The molecular weight excluding hydrogens is 323 g/mol. The van der Waals surface area contributed by atoms with Crippen LogP contribution in [0.4, 0.5) is 10.1 Å². The molecule has 2 rings (SSSR count). The molecule has 132 valence electrons. The number of anilines is 1. The van der Waals surface area contributed by atoms with Crippen LogP contribution in [0.5, 0.6) is 5.75 Å². The van der Waals surface area contributed by atoms with Crippen LogP contribution in [0.15, 0.2) is 48.5 Å². The summed E-state index contributed by atoms with van der Waals surface area (Å²) in [5, 5.41) is 5.16. The SMILES string of the molecule is CC(C)Oc1ccc(NC(=O)CC(=O)NCc2ccccc2F)cc1. The zero-order valence-corrected chi connectivity index (χ0v) is 14.2. The van der Waals surface area contributed by atoms with E-state index in [0.717, 1.165) is 0 Å². The van der Waals surface area contributed by atoms with E-state index in [9.17, 15) is 14.0 Å². The van der Waals surface area contributed by atoms with E-state index >= 15 is 0 Å². The normalized spacial score (nSPS) is 10.4. The predicted molar refractivity (Wildman–Crippen MR) is 93.7 cm³/mol. The number of benzene rings is 2. The Kier molecular flexibility index (Phi) is 6.51. The number of halogens is 1. The van der Waals surface area contributed by atoms with Crippen LogP contribution in [0.1, 0.15) is 25.8 Å². The smallest absolute Gasteiger partial charge is 0.233 e. The van der Waals surface area contributed by atoms with Crippen LogP contribution in [0.2, 0.25) is 0 Å². The van der Waals surface area contributed by atoms with Gasteiger partial charge in [0.2, 0.25) is 11.8 Å². The molecule has 0 heterocycles. The van der Waals surface area contributed by atoms with Crippen molar-refractivity contribution in [2.75, 3.05) is 5.32 Å². The first-order valence-electron chi connectivity index (χ1n) is 8.00. The Morgan fingerprint density at radius 3 is 2.36 bits per heavy atom. The molecule has 2 aromatic rings. The van der Waals surface area contributed by atoms with Crippen molar-refractivity contribution in [2.24, 2.45) is 0 Å². The summed E-state index contributed by atoms with van der Waals surface area (Å²) in [6.45, 7) is 3.89. The fourth-order valence-corrected chi connectivity index (χ4v) is 2.14. The molecule has 0 aliphatic rings. The Morgan fingerprint density at radius 2 is 1.72 bits per heavy atom. The Morgan fingerprint density at radius 1 is 1.04 bits per heavy atom. The Bertz CT molecular complexity index is 730. The zero-order chi connectivity index (χ0) is 18.2. The lowest BCUT2D eigenvalue weighted by Gasteiger charge is -2.11. The molecule has 0 aliphatic heterocycles. The van der Waals surface area contributed by atoms with E-state index in [1.807, 2.05) is 13.8 Å². The maximum absolute atomic E-state index is 13.5. The van der Waals surface area contributed by atoms with Gasteiger partial charge in [0, 0.05) is 17.8 Å². The monoisotopic (exact) mass is 344 g/mol. The van der Waals surface area contributed by atoms with Crippen LogP contribution in [0, 0.1) is 5.82 Å². The molecule has 2 N–H and O–H groups in total. The highest BCUT2D eigenvalue weighted by Crippen LogP contribution is 2.17. The van der Waals surface area contributed by atoms with Gasteiger partial charge in [-0.2, -0.15) is 0 Å². The standard InChI is InChI=1S/C19H21FN2O3/c1-13(2)25-16-9-7-15(8-10-16)22-19(24)11-18(23)21-12-14-5-3-4-6-17(14)20/h3-10,13H,11-12H2,1-2H3,(H,21,23)(H,22,24). The number of amides is 2. The quantitative estimate of drug-likeness (QED) is 0.758. The molecule has 0 unspecified atom stereocenters. The van der Waals surface area contributed by atoms with Crippen molar-refractivity contribution in [3.05, 3.63) is 59.9 Å². The summed E-state index contributed by atoms with van der Waals surface area (Å²) in [5.41, 5.74) is 0.944. The molecular formula is C19H21FN2O3. The molecule has 5 nitrogen and oxygen atoms in total. The van der Waals surface area contributed by atoms with Gasteiger partial charge in [0.25, 0.3) is 0 Å². The maximum atomic E-state index is 13.5. The molecule has 6 heteroatoms. The van der Waals surface area contributed by atoms with E-state index < -0.39 is 17.6 Å². The van der Waals surface area contributed by atoms with Crippen LogP contribution in [-0.4, -0.2) is 17.9 Å². The average molecular weight is 344 g/mol.